The Morgan fingerprint density at radius 1 is 1.42 bits per heavy atom. The molecule has 1 aromatic rings. The Kier molecular flexibility index (Phi) is 4.97. The Bertz CT molecular complexity index is 456. The highest BCUT2D eigenvalue weighted by Crippen LogP contribution is 2.23. The highest BCUT2D eigenvalue weighted by molar-refractivity contribution is 5.31. The number of ether oxygens (including phenoxy) is 1. The first-order valence-electron chi connectivity index (χ1n) is 6.95. The van der Waals surface area contributed by atoms with E-state index in [9.17, 15) is 4.39 Å². The Balaban J connectivity index is 1.86. The van der Waals surface area contributed by atoms with Crippen LogP contribution in [-0.2, 0) is 0 Å². The van der Waals surface area contributed by atoms with Crippen molar-refractivity contribution in [2.45, 2.75) is 38.6 Å². The minimum atomic E-state index is -0.311. The second kappa shape index (κ2) is 6.71. The maximum atomic E-state index is 13.3. The van der Waals surface area contributed by atoms with Gasteiger partial charge in [0.15, 0.2) is 11.6 Å². The average molecular weight is 263 g/mol. The molecule has 0 fully saturated rings. The molecule has 0 saturated carbocycles. The van der Waals surface area contributed by atoms with Gasteiger partial charge < -0.3 is 10.1 Å². The van der Waals surface area contributed by atoms with Crippen molar-refractivity contribution in [3.8, 4) is 5.75 Å². The molecule has 1 atom stereocenters. The summed E-state index contributed by atoms with van der Waals surface area (Å²) >= 11 is 0. The maximum Gasteiger partial charge on any atom is 0.165 e. The molecule has 0 heterocycles. The molecule has 0 bridgehead atoms. The average Bonchev–Trinajstić information content (AvgIpc) is 2.92. The zero-order valence-corrected chi connectivity index (χ0v) is 11.7. The van der Waals surface area contributed by atoms with E-state index in [0.717, 1.165) is 18.5 Å². The van der Waals surface area contributed by atoms with Crippen molar-refractivity contribution < 1.29 is 9.13 Å². The number of methoxy groups -OCH3 is 1. The van der Waals surface area contributed by atoms with Gasteiger partial charge >= 0.3 is 0 Å². The maximum absolute atomic E-state index is 13.3. The van der Waals surface area contributed by atoms with Gasteiger partial charge in [0.05, 0.1) is 7.11 Å². The van der Waals surface area contributed by atoms with Crippen molar-refractivity contribution in [3.05, 3.63) is 41.2 Å². The van der Waals surface area contributed by atoms with Crippen LogP contribution in [0.1, 0.15) is 44.2 Å². The largest absolute Gasteiger partial charge is 0.494 e. The lowest BCUT2D eigenvalue weighted by Gasteiger charge is -2.15. The third-order valence-corrected chi connectivity index (χ3v) is 3.71. The summed E-state index contributed by atoms with van der Waals surface area (Å²) in [6, 6.07) is 5.24. The molecule has 0 amide bonds. The standard InChI is InChI=1S/C16H22FNO/c1-12(18-10-9-13-5-3-4-6-13)14-7-8-15(17)16(11-14)19-2/h5,7-8,11-12,18H,3-4,6,9-10H2,1-2H3. The Labute approximate surface area is 114 Å². The molecule has 0 aliphatic heterocycles. The number of benzene rings is 1. The summed E-state index contributed by atoms with van der Waals surface area (Å²) in [7, 11) is 1.49. The number of hydrogen-bond acceptors (Lipinski definition) is 2. The summed E-state index contributed by atoms with van der Waals surface area (Å²) in [6.07, 6.45) is 7.26. The molecule has 104 valence electrons. The Hall–Kier alpha value is -1.35. The van der Waals surface area contributed by atoms with Crippen molar-refractivity contribution in [2.75, 3.05) is 13.7 Å². The lowest BCUT2D eigenvalue weighted by atomic mass is 10.1. The van der Waals surface area contributed by atoms with Crippen LogP contribution in [0.25, 0.3) is 0 Å². The lowest BCUT2D eigenvalue weighted by Crippen LogP contribution is -2.20. The van der Waals surface area contributed by atoms with Gasteiger partial charge in [-0.1, -0.05) is 17.7 Å². The fourth-order valence-corrected chi connectivity index (χ4v) is 2.48. The molecule has 0 radical (unpaired) electrons. The van der Waals surface area contributed by atoms with E-state index in [1.54, 1.807) is 11.6 Å². The van der Waals surface area contributed by atoms with Crippen molar-refractivity contribution in [3.63, 3.8) is 0 Å². The Morgan fingerprint density at radius 2 is 2.26 bits per heavy atom. The van der Waals surface area contributed by atoms with E-state index in [1.165, 1.54) is 32.4 Å². The number of hydrogen-bond donors (Lipinski definition) is 1. The summed E-state index contributed by atoms with van der Waals surface area (Å²) in [5, 5.41) is 3.48. The monoisotopic (exact) mass is 263 g/mol. The first-order chi connectivity index (χ1) is 9.20. The van der Waals surface area contributed by atoms with Gasteiger partial charge in [0.2, 0.25) is 0 Å². The van der Waals surface area contributed by atoms with E-state index in [4.69, 9.17) is 4.74 Å². The molecule has 2 rings (SSSR count). The minimum Gasteiger partial charge on any atom is -0.494 e. The van der Waals surface area contributed by atoms with Gasteiger partial charge in [-0.05, 0) is 56.8 Å². The van der Waals surface area contributed by atoms with Crippen LogP contribution in [-0.4, -0.2) is 13.7 Å². The van der Waals surface area contributed by atoms with E-state index in [-0.39, 0.29) is 11.9 Å². The summed E-state index contributed by atoms with van der Waals surface area (Å²) in [5.74, 6) is -0.000729. The smallest absolute Gasteiger partial charge is 0.165 e. The quantitative estimate of drug-likeness (QED) is 0.784. The predicted octanol–water partition coefficient (Wildman–Crippen LogP) is 3.99. The second-order valence-electron chi connectivity index (χ2n) is 5.07. The zero-order chi connectivity index (χ0) is 13.7. The van der Waals surface area contributed by atoms with E-state index in [1.807, 2.05) is 6.07 Å². The van der Waals surface area contributed by atoms with Crippen molar-refractivity contribution in [1.82, 2.24) is 5.32 Å². The van der Waals surface area contributed by atoms with Gasteiger partial charge in [-0.2, -0.15) is 0 Å². The third-order valence-electron chi connectivity index (χ3n) is 3.71. The van der Waals surface area contributed by atoms with Gasteiger partial charge in [0.25, 0.3) is 0 Å². The first kappa shape index (κ1) is 14.1. The molecule has 2 nitrogen and oxygen atoms in total. The van der Waals surface area contributed by atoms with Crippen molar-refractivity contribution >= 4 is 0 Å². The summed E-state index contributed by atoms with van der Waals surface area (Å²) < 4.78 is 18.3. The van der Waals surface area contributed by atoms with Gasteiger partial charge in [-0.15, -0.1) is 0 Å². The van der Waals surface area contributed by atoms with E-state index >= 15 is 0 Å². The van der Waals surface area contributed by atoms with Crippen LogP contribution in [0.15, 0.2) is 29.8 Å². The molecule has 1 N–H and O–H groups in total. The molecular formula is C16H22FNO. The van der Waals surface area contributed by atoms with Gasteiger partial charge in [0, 0.05) is 6.04 Å². The van der Waals surface area contributed by atoms with Crippen LogP contribution in [0.5, 0.6) is 5.75 Å². The molecule has 0 spiro atoms. The third kappa shape index (κ3) is 3.80. The van der Waals surface area contributed by atoms with Crippen LogP contribution in [0.3, 0.4) is 0 Å². The van der Waals surface area contributed by atoms with Gasteiger partial charge in [-0.25, -0.2) is 4.39 Å². The van der Waals surface area contributed by atoms with E-state index in [2.05, 4.69) is 18.3 Å². The molecule has 3 heteroatoms. The minimum absolute atomic E-state index is 0.205. The SMILES string of the molecule is COc1cc(C(C)NCCC2=CCCC2)ccc1F. The summed E-state index contributed by atoms with van der Waals surface area (Å²) in [6.45, 7) is 3.06. The molecule has 1 aromatic carbocycles. The fraction of sp³-hybridized carbons (Fsp3) is 0.500. The van der Waals surface area contributed by atoms with Crippen LogP contribution >= 0.6 is 0 Å². The highest BCUT2D eigenvalue weighted by Gasteiger charge is 2.10. The topological polar surface area (TPSA) is 21.3 Å². The van der Waals surface area contributed by atoms with Crippen LogP contribution < -0.4 is 10.1 Å². The normalized spacial score (nSPS) is 16.3. The van der Waals surface area contributed by atoms with Crippen LogP contribution in [0, 0.1) is 5.82 Å². The lowest BCUT2D eigenvalue weighted by molar-refractivity contribution is 0.385. The molecule has 1 aliphatic rings. The molecule has 1 unspecified atom stereocenters. The van der Waals surface area contributed by atoms with Crippen LogP contribution in [0.4, 0.5) is 4.39 Å². The molecule has 0 saturated heterocycles. The highest BCUT2D eigenvalue weighted by atomic mass is 19.1. The molecular weight excluding hydrogens is 241 g/mol. The summed E-state index contributed by atoms with van der Waals surface area (Å²) in [4.78, 5) is 0. The molecule has 1 aliphatic carbocycles. The number of rotatable bonds is 6. The first-order valence-corrected chi connectivity index (χ1v) is 6.95. The van der Waals surface area contributed by atoms with Crippen molar-refractivity contribution in [1.29, 1.82) is 0 Å². The Morgan fingerprint density at radius 3 is 2.95 bits per heavy atom. The number of allylic oxidation sites excluding steroid dienone is 1. The summed E-state index contributed by atoms with van der Waals surface area (Å²) in [5.41, 5.74) is 2.62. The zero-order valence-electron chi connectivity index (χ0n) is 11.7. The van der Waals surface area contributed by atoms with Gasteiger partial charge in [-0.3, -0.25) is 0 Å². The predicted molar refractivity (Wildman–Crippen MR) is 75.9 cm³/mol. The fourth-order valence-electron chi connectivity index (χ4n) is 2.48. The number of halogens is 1. The molecule has 19 heavy (non-hydrogen) atoms. The van der Waals surface area contributed by atoms with Gasteiger partial charge in [0.1, 0.15) is 0 Å². The van der Waals surface area contributed by atoms with Crippen LogP contribution in [0.2, 0.25) is 0 Å². The molecule has 0 aromatic heterocycles. The van der Waals surface area contributed by atoms with Crippen molar-refractivity contribution in [2.24, 2.45) is 0 Å². The van der Waals surface area contributed by atoms with E-state index < -0.39 is 0 Å². The number of nitrogens with one attached hydrogen (secondary N) is 1. The second-order valence-corrected chi connectivity index (χ2v) is 5.07. The van der Waals surface area contributed by atoms with E-state index in [0.29, 0.717) is 5.75 Å².